The van der Waals surface area contributed by atoms with Crippen molar-refractivity contribution in [2.75, 3.05) is 29.9 Å². The van der Waals surface area contributed by atoms with E-state index >= 15 is 0 Å². The average molecular weight is 275 g/mol. The number of hydrogen-bond donors (Lipinski definition) is 3. The maximum Gasteiger partial charge on any atom is 0.246 e. The predicted molar refractivity (Wildman–Crippen MR) is 78.9 cm³/mol. The van der Waals surface area contributed by atoms with Gasteiger partial charge in [-0.2, -0.15) is 0 Å². The van der Waals surface area contributed by atoms with E-state index in [2.05, 4.69) is 15.5 Å². The number of carbonyl (C=O) groups is 1. The van der Waals surface area contributed by atoms with Gasteiger partial charge < -0.3 is 20.6 Å². The number of β-amino-alcohol motifs (C(OH)–C–C–N with tert-alkyl or cyclic N) is 1. The maximum atomic E-state index is 11.9. The number of amides is 1. The van der Waals surface area contributed by atoms with Crippen molar-refractivity contribution in [1.82, 2.24) is 5.32 Å². The van der Waals surface area contributed by atoms with E-state index in [1.807, 2.05) is 32.0 Å². The average Bonchev–Trinajstić information content (AvgIpc) is 2.90. The topological polar surface area (TPSA) is 64.6 Å². The summed E-state index contributed by atoms with van der Waals surface area (Å²) in [6.45, 7) is 6.09. The molecule has 2 aliphatic rings. The summed E-state index contributed by atoms with van der Waals surface area (Å²) in [6.07, 6.45) is 0.774. The second kappa shape index (κ2) is 4.75. The van der Waals surface area contributed by atoms with Gasteiger partial charge in [-0.15, -0.1) is 0 Å². The molecule has 2 unspecified atom stereocenters. The molecule has 1 saturated heterocycles. The van der Waals surface area contributed by atoms with Crippen LogP contribution < -0.4 is 15.5 Å². The summed E-state index contributed by atoms with van der Waals surface area (Å²) in [5, 5.41) is 16.2. The molecule has 0 saturated carbocycles. The SMILES string of the molecule is CCNC1C(=O)Nc2cc(N3CCC(C)(O)C3)ccc21. The van der Waals surface area contributed by atoms with Crippen molar-refractivity contribution >= 4 is 17.3 Å². The van der Waals surface area contributed by atoms with Crippen LogP contribution in [0.15, 0.2) is 18.2 Å². The summed E-state index contributed by atoms with van der Waals surface area (Å²) < 4.78 is 0. The van der Waals surface area contributed by atoms with Gasteiger partial charge in [-0.3, -0.25) is 4.79 Å². The van der Waals surface area contributed by atoms with Gasteiger partial charge in [-0.1, -0.05) is 13.0 Å². The van der Waals surface area contributed by atoms with Crippen molar-refractivity contribution < 1.29 is 9.90 Å². The van der Waals surface area contributed by atoms with Crippen LogP contribution in [0.1, 0.15) is 31.9 Å². The summed E-state index contributed by atoms with van der Waals surface area (Å²) in [6, 6.07) is 5.80. The Balaban J connectivity index is 1.85. The van der Waals surface area contributed by atoms with Crippen molar-refractivity contribution in [2.24, 2.45) is 0 Å². The van der Waals surface area contributed by atoms with Crippen LogP contribution in [-0.4, -0.2) is 36.2 Å². The van der Waals surface area contributed by atoms with Crippen LogP contribution in [0.4, 0.5) is 11.4 Å². The molecule has 5 heteroatoms. The van der Waals surface area contributed by atoms with Crippen LogP contribution in [0.3, 0.4) is 0 Å². The monoisotopic (exact) mass is 275 g/mol. The van der Waals surface area contributed by atoms with E-state index in [1.165, 1.54) is 0 Å². The highest BCUT2D eigenvalue weighted by Gasteiger charge is 2.33. The zero-order chi connectivity index (χ0) is 14.3. The number of nitrogens with one attached hydrogen (secondary N) is 2. The molecule has 0 radical (unpaired) electrons. The lowest BCUT2D eigenvalue weighted by Gasteiger charge is -2.21. The molecule has 20 heavy (non-hydrogen) atoms. The highest BCUT2D eigenvalue weighted by Crippen LogP contribution is 2.35. The minimum absolute atomic E-state index is 0.00687. The Hall–Kier alpha value is -1.59. The van der Waals surface area contributed by atoms with Crippen LogP contribution in [0.2, 0.25) is 0 Å². The van der Waals surface area contributed by atoms with E-state index in [-0.39, 0.29) is 11.9 Å². The van der Waals surface area contributed by atoms with Gasteiger partial charge in [0.15, 0.2) is 0 Å². The molecule has 1 fully saturated rings. The Bertz CT molecular complexity index is 542. The summed E-state index contributed by atoms with van der Waals surface area (Å²) in [5.41, 5.74) is 2.32. The summed E-state index contributed by atoms with van der Waals surface area (Å²) in [4.78, 5) is 14.1. The quantitative estimate of drug-likeness (QED) is 0.777. The number of nitrogens with zero attached hydrogens (tertiary/aromatic N) is 1. The van der Waals surface area contributed by atoms with E-state index < -0.39 is 5.60 Å². The molecule has 108 valence electrons. The normalized spacial score (nSPS) is 28.6. The Labute approximate surface area is 119 Å². The summed E-state index contributed by atoms with van der Waals surface area (Å²) in [5.74, 6) is 0.00687. The lowest BCUT2D eigenvalue weighted by Crippen LogP contribution is -2.29. The van der Waals surface area contributed by atoms with Gasteiger partial charge in [0.1, 0.15) is 6.04 Å². The van der Waals surface area contributed by atoms with Crippen LogP contribution in [0.25, 0.3) is 0 Å². The molecule has 2 aliphatic heterocycles. The number of anilines is 2. The van der Waals surface area contributed by atoms with E-state index in [0.717, 1.165) is 36.4 Å². The Kier molecular flexibility index (Phi) is 3.18. The second-order valence-corrected chi connectivity index (χ2v) is 5.92. The van der Waals surface area contributed by atoms with Crippen LogP contribution in [0.5, 0.6) is 0 Å². The first-order valence-corrected chi connectivity index (χ1v) is 7.16. The van der Waals surface area contributed by atoms with E-state index in [4.69, 9.17) is 0 Å². The number of aliphatic hydroxyl groups is 1. The van der Waals surface area contributed by atoms with Crippen molar-refractivity contribution in [2.45, 2.75) is 31.9 Å². The fourth-order valence-electron chi connectivity index (χ4n) is 3.02. The molecule has 3 N–H and O–H groups in total. The third-order valence-electron chi connectivity index (χ3n) is 4.09. The number of hydrogen-bond acceptors (Lipinski definition) is 4. The maximum absolute atomic E-state index is 11.9. The third kappa shape index (κ3) is 2.27. The second-order valence-electron chi connectivity index (χ2n) is 5.92. The molecular weight excluding hydrogens is 254 g/mol. The zero-order valence-corrected chi connectivity index (χ0v) is 11.9. The number of likely N-dealkylation sites (N-methyl/N-ethyl adjacent to an activating group) is 1. The smallest absolute Gasteiger partial charge is 0.246 e. The first-order valence-electron chi connectivity index (χ1n) is 7.16. The molecule has 0 aromatic heterocycles. The minimum Gasteiger partial charge on any atom is -0.388 e. The molecule has 2 heterocycles. The first-order chi connectivity index (χ1) is 9.50. The summed E-state index contributed by atoms with van der Waals surface area (Å²) >= 11 is 0. The van der Waals surface area contributed by atoms with Crippen molar-refractivity contribution in [3.8, 4) is 0 Å². The van der Waals surface area contributed by atoms with Crippen LogP contribution in [-0.2, 0) is 4.79 Å². The zero-order valence-electron chi connectivity index (χ0n) is 11.9. The molecule has 5 nitrogen and oxygen atoms in total. The van der Waals surface area contributed by atoms with Crippen LogP contribution >= 0.6 is 0 Å². The molecule has 1 amide bonds. The number of benzene rings is 1. The predicted octanol–water partition coefficient (Wildman–Crippen LogP) is 1.25. The van der Waals surface area contributed by atoms with Gasteiger partial charge in [0.25, 0.3) is 0 Å². The van der Waals surface area contributed by atoms with Gasteiger partial charge in [0.2, 0.25) is 5.91 Å². The molecule has 0 bridgehead atoms. The summed E-state index contributed by atoms with van der Waals surface area (Å²) in [7, 11) is 0. The Morgan fingerprint density at radius 3 is 3.00 bits per heavy atom. The van der Waals surface area contributed by atoms with Gasteiger partial charge in [-0.05, 0) is 32.0 Å². The highest BCUT2D eigenvalue weighted by molar-refractivity contribution is 6.03. The van der Waals surface area contributed by atoms with Crippen LogP contribution in [0, 0.1) is 0 Å². The number of rotatable bonds is 3. The first kappa shape index (κ1) is 13.4. The lowest BCUT2D eigenvalue weighted by atomic mass is 10.1. The number of fused-ring (bicyclic) bond motifs is 1. The molecule has 3 rings (SSSR count). The molecular formula is C15H21N3O2. The standard InChI is InChI=1S/C15H21N3O2/c1-3-16-13-11-5-4-10(8-12(11)17-14(13)19)18-7-6-15(2,20)9-18/h4-5,8,13,16,20H,3,6-7,9H2,1-2H3,(H,17,19). The van der Waals surface area contributed by atoms with Crippen molar-refractivity contribution in [1.29, 1.82) is 0 Å². The fraction of sp³-hybridized carbons (Fsp3) is 0.533. The molecule has 1 aromatic carbocycles. The van der Waals surface area contributed by atoms with Gasteiger partial charge in [0, 0.05) is 30.0 Å². The van der Waals surface area contributed by atoms with Crippen molar-refractivity contribution in [3.05, 3.63) is 23.8 Å². The van der Waals surface area contributed by atoms with E-state index in [0.29, 0.717) is 6.54 Å². The largest absolute Gasteiger partial charge is 0.388 e. The van der Waals surface area contributed by atoms with Gasteiger partial charge in [-0.25, -0.2) is 0 Å². The molecule has 0 spiro atoms. The van der Waals surface area contributed by atoms with E-state index in [9.17, 15) is 9.90 Å². The number of carbonyl (C=O) groups excluding carboxylic acids is 1. The van der Waals surface area contributed by atoms with Gasteiger partial charge >= 0.3 is 0 Å². The highest BCUT2D eigenvalue weighted by atomic mass is 16.3. The van der Waals surface area contributed by atoms with Gasteiger partial charge in [0.05, 0.1) is 5.60 Å². The minimum atomic E-state index is -0.617. The third-order valence-corrected chi connectivity index (χ3v) is 4.09. The lowest BCUT2D eigenvalue weighted by molar-refractivity contribution is -0.117. The Morgan fingerprint density at radius 1 is 1.55 bits per heavy atom. The van der Waals surface area contributed by atoms with Crippen molar-refractivity contribution in [3.63, 3.8) is 0 Å². The molecule has 2 atom stereocenters. The molecule has 1 aromatic rings. The van der Waals surface area contributed by atoms with E-state index in [1.54, 1.807) is 0 Å². The fourth-order valence-corrected chi connectivity index (χ4v) is 3.02. The molecule has 0 aliphatic carbocycles. The Morgan fingerprint density at radius 2 is 2.35 bits per heavy atom.